The number of carboxylic acid groups (broad SMARTS) is 1. The molecule has 0 aliphatic rings. The summed E-state index contributed by atoms with van der Waals surface area (Å²) in [5, 5.41) is 14.8. The maximum Gasteiger partial charge on any atom is 0.271 e. The Kier molecular flexibility index (Phi) is 3.84. The van der Waals surface area contributed by atoms with Gasteiger partial charge in [0.15, 0.2) is 0 Å². The first-order chi connectivity index (χ1) is 11.1. The van der Waals surface area contributed by atoms with Gasteiger partial charge in [0.05, 0.1) is 29.5 Å². The lowest BCUT2D eigenvalue weighted by atomic mass is 10.1. The Morgan fingerprint density at radius 2 is 2.04 bits per heavy atom. The minimum Gasteiger partial charge on any atom is -0.545 e. The highest BCUT2D eigenvalue weighted by atomic mass is 16.4. The van der Waals surface area contributed by atoms with Crippen LogP contribution in [0, 0.1) is 0 Å². The van der Waals surface area contributed by atoms with Gasteiger partial charge in [-0.25, -0.2) is 10.4 Å². The van der Waals surface area contributed by atoms with Crippen molar-refractivity contribution >= 4 is 29.1 Å². The lowest BCUT2D eigenvalue weighted by Crippen LogP contribution is -2.24. The third-order valence-electron chi connectivity index (χ3n) is 3.23. The molecule has 1 aromatic heterocycles. The Bertz CT molecular complexity index is 914. The predicted molar refractivity (Wildman–Crippen MR) is 81.9 cm³/mol. The van der Waals surface area contributed by atoms with E-state index in [0.717, 1.165) is 11.0 Å². The lowest BCUT2D eigenvalue weighted by molar-refractivity contribution is -0.255. The predicted octanol–water partition coefficient (Wildman–Crippen LogP) is 0.690. The summed E-state index contributed by atoms with van der Waals surface area (Å²) in [6.45, 7) is 0. The average molecular weight is 307 g/mol. The fourth-order valence-corrected chi connectivity index (χ4v) is 2.10. The van der Waals surface area contributed by atoms with Crippen LogP contribution in [-0.2, 0) is 0 Å². The van der Waals surface area contributed by atoms with Crippen molar-refractivity contribution in [2.45, 2.75) is 0 Å². The first-order valence-electron chi connectivity index (χ1n) is 6.72. The molecule has 114 valence electrons. The summed E-state index contributed by atoms with van der Waals surface area (Å²) in [5.41, 5.74) is 4.61. The van der Waals surface area contributed by atoms with Crippen LogP contribution in [-0.4, -0.2) is 28.1 Å². The smallest absolute Gasteiger partial charge is 0.271 e. The molecule has 0 bridgehead atoms. The third kappa shape index (κ3) is 3.08. The standard InChI is InChI=1S/C16H12N4O3/c21-15(10-5-6-13-14(7-10)18-9-17-13)20-19-8-11-3-1-2-4-12(11)16(22)23/h1-9H,(H,17,18)(H,20,21)(H,22,23)/p-1/b19-8-. The van der Waals surface area contributed by atoms with Gasteiger partial charge in [-0.05, 0) is 18.2 Å². The van der Waals surface area contributed by atoms with E-state index in [4.69, 9.17) is 0 Å². The molecular weight excluding hydrogens is 296 g/mol. The number of aromatic amines is 1. The van der Waals surface area contributed by atoms with Gasteiger partial charge in [-0.1, -0.05) is 24.3 Å². The van der Waals surface area contributed by atoms with Gasteiger partial charge in [-0.2, -0.15) is 5.10 Å². The highest BCUT2D eigenvalue weighted by Gasteiger charge is 2.06. The molecule has 7 nitrogen and oxygen atoms in total. The number of fused-ring (bicyclic) bond motifs is 1. The van der Waals surface area contributed by atoms with Crippen LogP contribution in [0.2, 0.25) is 0 Å². The number of rotatable bonds is 4. The molecule has 0 saturated heterocycles. The second-order valence-electron chi connectivity index (χ2n) is 4.71. The SMILES string of the molecule is O=C(N/N=C\c1ccccc1C(=O)[O-])c1ccc2nc[nH]c2c1. The third-order valence-corrected chi connectivity index (χ3v) is 3.23. The van der Waals surface area contributed by atoms with Crippen LogP contribution < -0.4 is 10.5 Å². The van der Waals surface area contributed by atoms with Crippen LogP contribution in [0.4, 0.5) is 0 Å². The number of H-pyrrole nitrogens is 1. The molecule has 2 aromatic carbocycles. The summed E-state index contributed by atoms with van der Waals surface area (Å²) in [7, 11) is 0. The Morgan fingerprint density at radius 3 is 2.87 bits per heavy atom. The number of aromatic carboxylic acids is 1. The molecule has 1 amide bonds. The minimum atomic E-state index is -1.30. The zero-order chi connectivity index (χ0) is 16.2. The molecule has 2 N–H and O–H groups in total. The van der Waals surface area contributed by atoms with E-state index in [2.05, 4.69) is 20.5 Å². The van der Waals surface area contributed by atoms with Crippen molar-refractivity contribution < 1.29 is 14.7 Å². The van der Waals surface area contributed by atoms with Crippen LogP contribution in [0.1, 0.15) is 26.3 Å². The van der Waals surface area contributed by atoms with E-state index in [1.807, 2.05) is 0 Å². The average Bonchev–Trinajstić information content (AvgIpc) is 3.02. The van der Waals surface area contributed by atoms with Crippen molar-refractivity contribution in [3.05, 3.63) is 65.5 Å². The number of hydrogen-bond acceptors (Lipinski definition) is 5. The Morgan fingerprint density at radius 1 is 1.22 bits per heavy atom. The van der Waals surface area contributed by atoms with E-state index in [-0.39, 0.29) is 5.56 Å². The minimum absolute atomic E-state index is 0.00405. The highest BCUT2D eigenvalue weighted by molar-refractivity contribution is 5.99. The fourth-order valence-electron chi connectivity index (χ4n) is 2.10. The van der Waals surface area contributed by atoms with Gasteiger partial charge in [-0.15, -0.1) is 0 Å². The van der Waals surface area contributed by atoms with E-state index in [0.29, 0.717) is 11.1 Å². The van der Waals surface area contributed by atoms with Crippen molar-refractivity contribution in [1.29, 1.82) is 0 Å². The number of hydrogen-bond donors (Lipinski definition) is 2. The van der Waals surface area contributed by atoms with E-state index in [1.54, 1.807) is 42.7 Å². The van der Waals surface area contributed by atoms with E-state index < -0.39 is 11.9 Å². The molecular formula is C16H11N4O3-. The van der Waals surface area contributed by atoms with Crippen LogP contribution in [0.25, 0.3) is 11.0 Å². The summed E-state index contributed by atoms with van der Waals surface area (Å²) in [6, 6.07) is 11.2. The summed E-state index contributed by atoms with van der Waals surface area (Å²) in [6.07, 6.45) is 2.80. The van der Waals surface area contributed by atoms with Crippen LogP contribution in [0.15, 0.2) is 53.9 Å². The van der Waals surface area contributed by atoms with Gasteiger partial charge < -0.3 is 14.9 Å². The molecule has 0 aliphatic carbocycles. The summed E-state index contributed by atoms with van der Waals surface area (Å²) in [5.74, 6) is -1.72. The maximum atomic E-state index is 12.0. The molecule has 0 atom stereocenters. The van der Waals surface area contributed by atoms with Gasteiger partial charge in [0.2, 0.25) is 0 Å². The summed E-state index contributed by atoms with van der Waals surface area (Å²) >= 11 is 0. The topological polar surface area (TPSA) is 110 Å². The number of carbonyl (C=O) groups is 2. The van der Waals surface area contributed by atoms with Gasteiger partial charge in [0, 0.05) is 16.7 Å². The van der Waals surface area contributed by atoms with Crippen LogP contribution in [0.5, 0.6) is 0 Å². The van der Waals surface area contributed by atoms with Crippen molar-refractivity contribution in [3.63, 3.8) is 0 Å². The Hall–Kier alpha value is -3.48. The quantitative estimate of drug-likeness (QED) is 0.545. The number of aromatic nitrogens is 2. The number of hydrazone groups is 1. The van der Waals surface area contributed by atoms with Crippen molar-refractivity contribution in [3.8, 4) is 0 Å². The highest BCUT2D eigenvalue weighted by Crippen LogP contribution is 2.11. The molecule has 7 heteroatoms. The van der Waals surface area contributed by atoms with Gasteiger partial charge in [0.25, 0.3) is 5.91 Å². The summed E-state index contributed by atoms with van der Waals surface area (Å²) < 4.78 is 0. The van der Waals surface area contributed by atoms with Gasteiger partial charge >= 0.3 is 0 Å². The number of nitrogens with zero attached hydrogens (tertiary/aromatic N) is 2. The van der Waals surface area contributed by atoms with E-state index in [1.165, 1.54) is 12.3 Å². The molecule has 1 heterocycles. The van der Waals surface area contributed by atoms with Crippen LogP contribution >= 0.6 is 0 Å². The molecule has 0 radical (unpaired) electrons. The van der Waals surface area contributed by atoms with E-state index in [9.17, 15) is 14.7 Å². The zero-order valence-corrected chi connectivity index (χ0v) is 11.8. The molecule has 3 rings (SSSR count). The molecule has 0 saturated carbocycles. The second kappa shape index (κ2) is 6.10. The maximum absolute atomic E-state index is 12.0. The zero-order valence-electron chi connectivity index (χ0n) is 11.8. The van der Waals surface area contributed by atoms with E-state index >= 15 is 0 Å². The second-order valence-corrected chi connectivity index (χ2v) is 4.71. The van der Waals surface area contributed by atoms with Gasteiger partial charge in [0.1, 0.15) is 0 Å². The first kappa shape index (κ1) is 14.5. The van der Waals surface area contributed by atoms with Crippen molar-refractivity contribution in [2.24, 2.45) is 5.10 Å². The number of imidazole rings is 1. The van der Waals surface area contributed by atoms with Crippen molar-refractivity contribution in [2.75, 3.05) is 0 Å². The lowest BCUT2D eigenvalue weighted by Gasteiger charge is -2.05. The number of benzene rings is 2. The van der Waals surface area contributed by atoms with Gasteiger partial charge in [-0.3, -0.25) is 4.79 Å². The van der Waals surface area contributed by atoms with Crippen molar-refractivity contribution in [1.82, 2.24) is 15.4 Å². The largest absolute Gasteiger partial charge is 0.545 e. The molecule has 0 fully saturated rings. The monoisotopic (exact) mass is 307 g/mol. The fraction of sp³-hybridized carbons (Fsp3) is 0. The first-order valence-corrected chi connectivity index (χ1v) is 6.72. The Balaban J connectivity index is 1.75. The number of carbonyl (C=O) groups excluding carboxylic acids is 2. The molecule has 0 aliphatic heterocycles. The molecule has 0 spiro atoms. The Labute approximate surface area is 130 Å². The molecule has 23 heavy (non-hydrogen) atoms. The molecule has 3 aromatic rings. The number of carboxylic acids is 1. The number of nitrogens with one attached hydrogen (secondary N) is 2. The summed E-state index contributed by atoms with van der Waals surface area (Å²) in [4.78, 5) is 30.0. The number of amides is 1. The van der Waals surface area contributed by atoms with Crippen LogP contribution in [0.3, 0.4) is 0 Å². The molecule has 0 unspecified atom stereocenters. The normalized spacial score (nSPS) is 11.0.